The van der Waals surface area contributed by atoms with Crippen LogP contribution < -0.4 is 10.2 Å². The fourth-order valence-corrected chi connectivity index (χ4v) is 5.32. The second-order valence-corrected chi connectivity index (χ2v) is 9.69. The summed E-state index contributed by atoms with van der Waals surface area (Å²) in [5.74, 6) is 0.801. The highest BCUT2D eigenvalue weighted by molar-refractivity contribution is 6.30. The normalized spacial score (nSPS) is 19.6. The number of Topliss-reactive ketones (excluding diaryl/α,β-unsaturated/α-hetero) is 1. The van der Waals surface area contributed by atoms with Gasteiger partial charge >= 0.3 is 0 Å². The molecule has 1 amide bonds. The number of amides is 1. The van der Waals surface area contributed by atoms with Gasteiger partial charge in [-0.25, -0.2) is 0 Å². The van der Waals surface area contributed by atoms with Crippen LogP contribution in [0.2, 0.25) is 5.02 Å². The molecule has 0 saturated carbocycles. The van der Waals surface area contributed by atoms with Crippen LogP contribution in [0, 0.1) is 0 Å². The van der Waals surface area contributed by atoms with Crippen LogP contribution in [0.25, 0.3) is 0 Å². The lowest BCUT2D eigenvalue weighted by molar-refractivity contribution is -0.119. The first-order valence-electron chi connectivity index (χ1n) is 12.3. The van der Waals surface area contributed by atoms with Crippen molar-refractivity contribution >= 4 is 34.7 Å². The first-order valence-corrected chi connectivity index (χ1v) is 12.7. The van der Waals surface area contributed by atoms with Gasteiger partial charge in [0.2, 0.25) is 5.91 Å². The zero-order chi connectivity index (χ0) is 24.4. The fraction of sp³-hybridized carbons (Fsp3) is 0.310. The summed E-state index contributed by atoms with van der Waals surface area (Å²) in [4.78, 5) is 29.4. The molecule has 35 heavy (non-hydrogen) atoms. The highest BCUT2D eigenvalue weighted by atomic mass is 35.5. The van der Waals surface area contributed by atoms with Crippen LogP contribution in [0.3, 0.4) is 0 Å². The monoisotopic (exact) mass is 488 g/mol. The third-order valence-corrected chi connectivity index (χ3v) is 7.13. The summed E-state index contributed by atoms with van der Waals surface area (Å²) in [6, 6.07) is 18.5. The molecule has 1 aliphatic carbocycles. The molecule has 0 bridgehead atoms. The number of para-hydroxylation sites is 2. The maximum absolute atomic E-state index is 13.8. The van der Waals surface area contributed by atoms with Crippen molar-refractivity contribution in [3.8, 4) is 0 Å². The van der Waals surface area contributed by atoms with Gasteiger partial charge in [-0.3, -0.25) is 14.5 Å². The Labute approximate surface area is 210 Å². The van der Waals surface area contributed by atoms with E-state index >= 15 is 0 Å². The van der Waals surface area contributed by atoms with Crippen molar-refractivity contribution in [3.63, 3.8) is 0 Å². The molecular formula is C29H29ClN2O3. The number of nitrogens with zero attached hydrogens (tertiary/aromatic N) is 1. The van der Waals surface area contributed by atoms with E-state index in [1.165, 1.54) is 0 Å². The van der Waals surface area contributed by atoms with Gasteiger partial charge in [0.25, 0.3) is 0 Å². The summed E-state index contributed by atoms with van der Waals surface area (Å²) in [5, 5.41) is 4.16. The SMILES string of the molecule is CCCCCC(=O)N1c2ccccc2NC2=C(C(=O)C[C@H](c3ccco3)C2)[C@@H]1c1ccc(Cl)cc1. The number of carbonyl (C=O) groups excluding carboxylic acids is 2. The van der Waals surface area contributed by atoms with Crippen molar-refractivity contribution in [2.24, 2.45) is 0 Å². The van der Waals surface area contributed by atoms with Gasteiger partial charge in [0, 0.05) is 35.1 Å². The van der Waals surface area contributed by atoms with Crippen LogP contribution in [0.5, 0.6) is 0 Å². The minimum Gasteiger partial charge on any atom is -0.469 e. The number of nitrogens with one attached hydrogen (secondary N) is 1. The molecule has 0 spiro atoms. The van der Waals surface area contributed by atoms with E-state index in [1.807, 2.05) is 65.6 Å². The number of allylic oxidation sites excluding steroid dienone is 1. The molecule has 1 aliphatic heterocycles. The van der Waals surface area contributed by atoms with Gasteiger partial charge in [0.1, 0.15) is 5.76 Å². The summed E-state index contributed by atoms with van der Waals surface area (Å²) < 4.78 is 5.66. The first-order chi connectivity index (χ1) is 17.1. The largest absolute Gasteiger partial charge is 0.469 e. The third kappa shape index (κ3) is 4.65. The van der Waals surface area contributed by atoms with Crippen LogP contribution in [-0.4, -0.2) is 11.7 Å². The average molecular weight is 489 g/mol. The number of hydrogen-bond donors (Lipinski definition) is 1. The van der Waals surface area contributed by atoms with E-state index in [-0.39, 0.29) is 17.6 Å². The number of hydrogen-bond acceptors (Lipinski definition) is 4. The highest BCUT2D eigenvalue weighted by Crippen LogP contribution is 2.47. The molecule has 5 nitrogen and oxygen atoms in total. The van der Waals surface area contributed by atoms with E-state index in [9.17, 15) is 9.59 Å². The summed E-state index contributed by atoms with van der Waals surface area (Å²) in [7, 11) is 0. The molecule has 1 aromatic heterocycles. The Morgan fingerprint density at radius 1 is 1.06 bits per heavy atom. The summed E-state index contributed by atoms with van der Waals surface area (Å²) in [6.07, 6.45) is 5.88. The van der Waals surface area contributed by atoms with Crippen molar-refractivity contribution < 1.29 is 14.0 Å². The van der Waals surface area contributed by atoms with E-state index < -0.39 is 6.04 Å². The van der Waals surface area contributed by atoms with Gasteiger partial charge in [-0.15, -0.1) is 0 Å². The Morgan fingerprint density at radius 2 is 1.86 bits per heavy atom. The number of fused-ring (bicyclic) bond motifs is 1. The van der Waals surface area contributed by atoms with Crippen LogP contribution in [0.15, 0.2) is 82.6 Å². The zero-order valence-corrected chi connectivity index (χ0v) is 20.6. The highest BCUT2D eigenvalue weighted by Gasteiger charge is 2.41. The maximum atomic E-state index is 13.8. The Hall–Kier alpha value is -3.31. The van der Waals surface area contributed by atoms with Crippen molar-refractivity contribution in [1.82, 2.24) is 0 Å². The summed E-state index contributed by atoms with van der Waals surface area (Å²) in [5.41, 5.74) is 3.97. The maximum Gasteiger partial charge on any atom is 0.227 e. The molecule has 0 saturated heterocycles. The van der Waals surface area contributed by atoms with E-state index in [1.54, 1.807) is 6.26 Å². The number of anilines is 2. The van der Waals surface area contributed by atoms with Gasteiger partial charge < -0.3 is 9.73 Å². The molecule has 2 aromatic carbocycles. The van der Waals surface area contributed by atoms with Crippen molar-refractivity contribution in [1.29, 1.82) is 0 Å². The Morgan fingerprint density at radius 3 is 2.60 bits per heavy atom. The Balaban J connectivity index is 1.66. The predicted octanol–water partition coefficient (Wildman–Crippen LogP) is 7.41. The number of carbonyl (C=O) groups is 2. The lowest BCUT2D eigenvalue weighted by atomic mass is 9.80. The van der Waals surface area contributed by atoms with E-state index in [2.05, 4.69) is 12.2 Å². The lowest BCUT2D eigenvalue weighted by Gasteiger charge is -2.35. The second kappa shape index (κ2) is 10.1. The fourth-order valence-electron chi connectivity index (χ4n) is 5.20. The minimum atomic E-state index is -0.530. The number of ketones is 1. The number of rotatable bonds is 6. The van der Waals surface area contributed by atoms with Gasteiger partial charge in [-0.1, -0.05) is 55.6 Å². The molecule has 2 aliphatic rings. The summed E-state index contributed by atoms with van der Waals surface area (Å²) in [6.45, 7) is 2.12. The molecule has 180 valence electrons. The van der Waals surface area contributed by atoms with Crippen LogP contribution in [0.4, 0.5) is 11.4 Å². The summed E-state index contributed by atoms with van der Waals surface area (Å²) >= 11 is 6.21. The van der Waals surface area contributed by atoms with E-state index in [0.29, 0.717) is 29.9 Å². The number of halogens is 1. The molecule has 0 unspecified atom stereocenters. The minimum absolute atomic E-state index is 0.0161. The van der Waals surface area contributed by atoms with E-state index in [0.717, 1.165) is 47.7 Å². The van der Waals surface area contributed by atoms with Gasteiger partial charge in [0.05, 0.1) is 23.7 Å². The molecule has 2 atom stereocenters. The standard InChI is InChI=1S/C29H29ClN2O3/c1-2-3-4-11-27(34)32-24-9-6-5-8-22(24)31-23-17-20(26-10-7-16-35-26)18-25(33)28(23)29(32)19-12-14-21(30)15-13-19/h5-10,12-16,20,29,31H,2-4,11,17-18H2,1H3/t20-,29+/m1/s1. The number of unbranched alkanes of at least 4 members (excludes halogenated alkanes) is 2. The third-order valence-electron chi connectivity index (χ3n) is 6.88. The molecule has 0 radical (unpaired) electrons. The van der Waals surface area contributed by atoms with Crippen molar-refractivity contribution in [2.45, 2.75) is 57.4 Å². The Bertz CT molecular complexity index is 1250. The molecule has 0 fully saturated rings. The van der Waals surface area contributed by atoms with Crippen LogP contribution >= 0.6 is 11.6 Å². The van der Waals surface area contributed by atoms with Crippen LogP contribution in [0.1, 0.15) is 68.7 Å². The number of furan rings is 1. The van der Waals surface area contributed by atoms with Gasteiger partial charge in [-0.2, -0.15) is 0 Å². The molecule has 6 heteroatoms. The number of benzene rings is 2. The topological polar surface area (TPSA) is 62.6 Å². The van der Waals surface area contributed by atoms with Crippen molar-refractivity contribution in [3.05, 3.63) is 94.5 Å². The van der Waals surface area contributed by atoms with Gasteiger partial charge in [0.15, 0.2) is 5.78 Å². The molecule has 5 rings (SSSR count). The molecule has 3 aromatic rings. The average Bonchev–Trinajstić information content (AvgIpc) is 3.35. The zero-order valence-electron chi connectivity index (χ0n) is 19.8. The van der Waals surface area contributed by atoms with Crippen molar-refractivity contribution in [2.75, 3.05) is 10.2 Å². The smallest absolute Gasteiger partial charge is 0.227 e. The quantitative estimate of drug-likeness (QED) is 0.367. The molecular weight excluding hydrogens is 460 g/mol. The lowest BCUT2D eigenvalue weighted by Crippen LogP contribution is -2.38. The molecule has 2 heterocycles. The Kier molecular flexibility index (Phi) is 6.78. The first kappa shape index (κ1) is 23.4. The molecule has 1 N–H and O–H groups in total. The predicted molar refractivity (Wildman–Crippen MR) is 139 cm³/mol. The van der Waals surface area contributed by atoms with E-state index in [4.69, 9.17) is 16.0 Å². The van der Waals surface area contributed by atoms with Gasteiger partial charge in [-0.05, 0) is 54.8 Å². The van der Waals surface area contributed by atoms with Crippen LogP contribution in [-0.2, 0) is 9.59 Å². The second-order valence-electron chi connectivity index (χ2n) is 9.25.